The summed E-state index contributed by atoms with van der Waals surface area (Å²) >= 11 is 0. The van der Waals surface area contributed by atoms with Crippen molar-refractivity contribution in [1.82, 2.24) is 5.32 Å². The van der Waals surface area contributed by atoms with Crippen molar-refractivity contribution in [3.05, 3.63) is 47.8 Å². The van der Waals surface area contributed by atoms with Gasteiger partial charge in [-0.15, -0.1) is 0 Å². The number of amides is 1. The van der Waals surface area contributed by atoms with Crippen LogP contribution in [-0.4, -0.2) is 40.4 Å². The fraction of sp³-hybridized carbons (Fsp3) is 0.381. The molecule has 7 heteroatoms. The van der Waals surface area contributed by atoms with Crippen molar-refractivity contribution in [2.75, 3.05) is 34.5 Å². The summed E-state index contributed by atoms with van der Waals surface area (Å²) in [5.74, 6) is 1.78. The van der Waals surface area contributed by atoms with Crippen LogP contribution in [-0.2, 0) is 11.2 Å². The second kappa shape index (κ2) is 11.0. The van der Waals surface area contributed by atoms with E-state index in [1.54, 1.807) is 24.3 Å². The third-order valence-corrected chi connectivity index (χ3v) is 4.06. The van der Waals surface area contributed by atoms with E-state index in [9.17, 15) is 9.18 Å². The van der Waals surface area contributed by atoms with Crippen LogP contribution in [0.25, 0.3) is 0 Å². The average Bonchev–Trinajstić information content (AvgIpc) is 2.71. The van der Waals surface area contributed by atoms with Crippen LogP contribution in [0.15, 0.2) is 36.4 Å². The summed E-state index contributed by atoms with van der Waals surface area (Å²) in [6.07, 6.45) is 1.77. The summed E-state index contributed by atoms with van der Waals surface area (Å²) in [5, 5.41) is 2.88. The highest BCUT2D eigenvalue weighted by Gasteiger charge is 2.14. The van der Waals surface area contributed by atoms with Gasteiger partial charge in [-0.25, -0.2) is 4.39 Å². The van der Waals surface area contributed by atoms with Crippen LogP contribution >= 0.6 is 0 Å². The van der Waals surface area contributed by atoms with E-state index in [1.165, 1.54) is 33.5 Å². The first kappa shape index (κ1) is 21.3. The van der Waals surface area contributed by atoms with Crippen molar-refractivity contribution in [2.24, 2.45) is 0 Å². The van der Waals surface area contributed by atoms with Gasteiger partial charge in [0.05, 0.1) is 34.4 Å². The molecule has 152 valence electrons. The minimum atomic E-state index is -0.290. The van der Waals surface area contributed by atoms with Crippen LogP contribution in [0.4, 0.5) is 4.39 Å². The van der Waals surface area contributed by atoms with E-state index in [4.69, 9.17) is 18.9 Å². The lowest BCUT2D eigenvalue weighted by atomic mass is 10.1. The Balaban J connectivity index is 1.73. The Hall–Kier alpha value is -2.96. The molecule has 28 heavy (non-hydrogen) atoms. The zero-order valence-electron chi connectivity index (χ0n) is 16.4. The molecule has 0 spiro atoms. The molecule has 0 atom stereocenters. The third kappa shape index (κ3) is 6.33. The van der Waals surface area contributed by atoms with Gasteiger partial charge >= 0.3 is 0 Å². The van der Waals surface area contributed by atoms with E-state index in [1.807, 2.05) is 0 Å². The molecule has 0 radical (unpaired) electrons. The molecule has 1 N–H and O–H groups in total. The van der Waals surface area contributed by atoms with E-state index < -0.39 is 0 Å². The summed E-state index contributed by atoms with van der Waals surface area (Å²) in [6, 6.07) is 9.43. The van der Waals surface area contributed by atoms with Gasteiger partial charge in [-0.1, -0.05) is 0 Å². The number of rotatable bonds is 11. The third-order valence-electron chi connectivity index (χ3n) is 4.06. The number of nitrogens with one attached hydrogen (secondary N) is 1. The fourth-order valence-corrected chi connectivity index (χ4v) is 2.66. The highest BCUT2D eigenvalue weighted by molar-refractivity contribution is 5.79. The van der Waals surface area contributed by atoms with Crippen LogP contribution in [0, 0.1) is 5.82 Å². The maximum Gasteiger partial charge on any atom is 0.224 e. The zero-order chi connectivity index (χ0) is 20.4. The molecule has 0 fully saturated rings. The smallest absolute Gasteiger partial charge is 0.224 e. The standard InChI is InChI=1S/C21H26FNO5/c1-25-18-12-15(13-19(26-2)21(18)27-3)14-20(24)23-10-4-5-11-28-17-8-6-16(22)7-9-17/h6-9,12-13H,4-5,10-11,14H2,1-3H3,(H,23,24). The molecule has 1 amide bonds. The molecule has 2 rings (SSSR count). The lowest BCUT2D eigenvalue weighted by Gasteiger charge is -2.14. The molecule has 6 nitrogen and oxygen atoms in total. The van der Waals surface area contributed by atoms with Gasteiger partial charge in [-0.2, -0.15) is 0 Å². The molecule has 2 aromatic carbocycles. The SMILES string of the molecule is COc1cc(CC(=O)NCCCCOc2ccc(F)cc2)cc(OC)c1OC. The van der Waals surface area contributed by atoms with Crippen molar-refractivity contribution in [1.29, 1.82) is 0 Å². The first-order chi connectivity index (χ1) is 13.6. The van der Waals surface area contributed by atoms with Crippen LogP contribution in [0.5, 0.6) is 23.0 Å². The Morgan fingerprint density at radius 3 is 2.18 bits per heavy atom. The monoisotopic (exact) mass is 391 g/mol. The number of unbranched alkanes of at least 4 members (excludes halogenated alkanes) is 1. The number of hydrogen-bond donors (Lipinski definition) is 1. The summed E-state index contributed by atoms with van der Waals surface area (Å²) in [5.41, 5.74) is 0.770. The first-order valence-electron chi connectivity index (χ1n) is 9.01. The maximum atomic E-state index is 12.8. The highest BCUT2D eigenvalue weighted by atomic mass is 19.1. The normalized spacial score (nSPS) is 10.3. The largest absolute Gasteiger partial charge is 0.494 e. The van der Waals surface area contributed by atoms with Gasteiger partial charge in [0.2, 0.25) is 11.7 Å². The van der Waals surface area contributed by atoms with Gasteiger partial charge in [-0.05, 0) is 54.8 Å². The Kier molecular flexibility index (Phi) is 8.39. The molecule has 0 bridgehead atoms. The van der Waals surface area contributed by atoms with E-state index in [-0.39, 0.29) is 18.1 Å². The van der Waals surface area contributed by atoms with E-state index in [0.717, 1.165) is 18.4 Å². The van der Waals surface area contributed by atoms with Crippen molar-refractivity contribution in [2.45, 2.75) is 19.3 Å². The van der Waals surface area contributed by atoms with Crippen molar-refractivity contribution < 1.29 is 28.1 Å². The molecule has 0 saturated heterocycles. The first-order valence-corrected chi connectivity index (χ1v) is 9.01. The number of hydrogen-bond acceptors (Lipinski definition) is 5. The van der Waals surface area contributed by atoms with Crippen LogP contribution in [0.3, 0.4) is 0 Å². The second-order valence-corrected chi connectivity index (χ2v) is 6.07. The number of carbonyl (C=O) groups is 1. The fourth-order valence-electron chi connectivity index (χ4n) is 2.66. The van der Waals surface area contributed by atoms with Crippen LogP contribution in [0.1, 0.15) is 18.4 Å². The number of methoxy groups -OCH3 is 3. The maximum absolute atomic E-state index is 12.8. The summed E-state index contributed by atoms with van der Waals surface area (Å²) in [4.78, 5) is 12.2. The molecule has 0 heterocycles. The van der Waals surface area contributed by atoms with Crippen molar-refractivity contribution in [3.8, 4) is 23.0 Å². The Morgan fingerprint density at radius 1 is 0.964 bits per heavy atom. The summed E-state index contributed by atoms with van der Waals surface area (Å²) in [7, 11) is 4.61. The molecule has 0 aliphatic rings. The molecule has 0 aliphatic heterocycles. The van der Waals surface area contributed by atoms with E-state index >= 15 is 0 Å². The highest BCUT2D eigenvalue weighted by Crippen LogP contribution is 2.38. The molecular weight excluding hydrogens is 365 g/mol. The number of halogens is 1. The molecule has 2 aromatic rings. The van der Waals surface area contributed by atoms with Gasteiger partial charge in [0.15, 0.2) is 11.5 Å². The lowest BCUT2D eigenvalue weighted by molar-refractivity contribution is -0.120. The molecule has 0 unspecified atom stereocenters. The van der Waals surface area contributed by atoms with E-state index in [0.29, 0.717) is 36.1 Å². The Labute approximate surface area is 164 Å². The predicted octanol–water partition coefficient (Wildman–Crippen LogP) is 3.37. The Bertz CT molecular complexity index is 739. The van der Waals surface area contributed by atoms with Gasteiger partial charge in [0.25, 0.3) is 0 Å². The van der Waals surface area contributed by atoms with Gasteiger partial charge in [0.1, 0.15) is 11.6 Å². The molecule has 0 saturated carbocycles. The quantitative estimate of drug-likeness (QED) is 0.595. The molecule has 0 aromatic heterocycles. The van der Waals surface area contributed by atoms with Crippen LogP contribution < -0.4 is 24.3 Å². The van der Waals surface area contributed by atoms with Gasteiger partial charge in [0, 0.05) is 6.54 Å². The molecule has 0 aliphatic carbocycles. The minimum Gasteiger partial charge on any atom is -0.494 e. The predicted molar refractivity (Wildman–Crippen MR) is 104 cm³/mol. The van der Waals surface area contributed by atoms with Gasteiger partial charge < -0.3 is 24.3 Å². The molecular formula is C21H26FNO5. The average molecular weight is 391 g/mol. The Morgan fingerprint density at radius 2 is 1.61 bits per heavy atom. The van der Waals surface area contributed by atoms with Crippen LogP contribution in [0.2, 0.25) is 0 Å². The lowest BCUT2D eigenvalue weighted by Crippen LogP contribution is -2.26. The zero-order valence-corrected chi connectivity index (χ0v) is 16.4. The minimum absolute atomic E-state index is 0.0891. The number of carbonyl (C=O) groups excluding carboxylic acids is 1. The van der Waals surface area contributed by atoms with Crippen molar-refractivity contribution >= 4 is 5.91 Å². The number of benzene rings is 2. The van der Waals surface area contributed by atoms with Crippen molar-refractivity contribution in [3.63, 3.8) is 0 Å². The summed E-state index contributed by atoms with van der Waals surface area (Å²) in [6.45, 7) is 1.06. The second-order valence-electron chi connectivity index (χ2n) is 6.07. The van der Waals surface area contributed by atoms with Gasteiger partial charge in [-0.3, -0.25) is 4.79 Å². The topological polar surface area (TPSA) is 66.0 Å². The number of ether oxygens (including phenoxy) is 4. The summed E-state index contributed by atoms with van der Waals surface area (Å²) < 4.78 is 34.2. The van der Waals surface area contributed by atoms with E-state index in [2.05, 4.69) is 5.32 Å².